The minimum atomic E-state index is -0.431. The van der Waals surface area contributed by atoms with Crippen molar-refractivity contribution in [2.24, 2.45) is 5.92 Å². The van der Waals surface area contributed by atoms with Gasteiger partial charge in [-0.25, -0.2) is 0 Å². The van der Waals surface area contributed by atoms with Crippen LogP contribution in [-0.2, 0) is 20.9 Å². The SMILES string of the molecule is CC1CN(C(=O)c2ccc(CNC(=O)C3CC(=O)N(c4ccc5c(c4)OCO5)C3)cc2)CC(C)O1. The highest BCUT2D eigenvalue weighted by atomic mass is 16.7. The summed E-state index contributed by atoms with van der Waals surface area (Å²) in [7, 11) is 0. The quantitative estimate of drug-likeness (QED) is 0.707. The summed E-state index contributed by atoms with van der Waals surface area (Å²) in [6.07, 6.45) is 0.186. The van der Waals surface area contributed by atoms with Gasteiger partial charge in [0.1, 0.15) is 0 Å². The third-order valence-electron chi connectivity index (χ3n) is 6.54. The van der Waals surface area contributed by atoms with Crippen molar-refractivity contribution in [3.05, 3.63) is 53.6 Å². The van der Waals surface area contributed by atoms with Crippen LogP contribution < -0.4 is 19.7 Å². The van der Waals surface area contributed by atoms with Crippen LogP contribution in [0.2, 0.25) is 0 Å². The molecule has 2 fully saturated rings. The molecule has 1 N–H and O–H groups in total. The molecule has 0 spiro atoms. The van der Waals surface area contributed by atoms with E-state index in [1.807, 2.05) is 30.9 Å². The van der Waals surface area contributed by atoms with Crippen LogP contribution in [0, 0.1) is 5.92 Å². The van der Waals surface area contributed by atoms with Gasteiger partial charge in [0.2, 0.25) is 18.6 Å². The molecular weight excluding hydrogens is 450 g/mol. The topological polar surface area (TPSA) is 97.4 Å². The molecule has 3 atom stereocenters. The van der Waals surface area contributed by atoms with E-state index >= 15 is 0 Å². The smallest absolute Gasteiger partial charge is 0.254 e. The first-order chi connectivity index (χ1) is 16.9. The van der Waals surface area contributed by atoms with E-state index in [2.05, 4.69) is 5.32 Å². The van der Waals surface area contributed by atoms with Crippen molar-refractivity contribution in [1.82, 2.24) is 10.2 Å². The molecule has 9 heteroatoms. The normalized spacial score (nSPS) is 23.5. The van der Waals surface area contributed by atoms with Crippen LogP contribution in [0.4, 0.5) is 5.69 Å². The predicted octanol–water partition coefficient (Wildman–Crippen LogP) is 2.33. The summed E-state index contributed by atoms with van der Waals surface area (Å²) in [5, 5.41) is 2.92. The summed E-state index contributed by atoms with van der Waals surface area (Å²) < 4.78 is 16.4. The number of carbonyl (C=O) groups excluding carboxylic acids is 3. The molecule has 0 aliphatic carbocycles. The minimum absolute atomic E-state index is 0.0145. The number of nitrogens with one attached hydrogen (secondary N) is 1. The van der Waals surface area contributed by atoms with Gasteiger partial charge >= 0.3 is 0 Å². The number of amides is 3. The van der Waals surface area contributed by atoms with Crippen LogP contribution in [0.15, 0.2) is 42.5 Å². The van der Waals surface area contributed by atoms with Crippen molar-refractivity contribution in [2.45, 2.75) is 39.0 Å². The van der Waals surface area contributed by atoms with Gasteiger partial charge in [-0.1, -0.05) is 12.1 Å². The lowest BCUT2D eigenvalue weighted by molar-refractivity contribution is -0.126. The summed E-state index contributed by atoms with van der Waals surface area (Å²) >= 11 is 0. The van der Waals surface area contributed by atoms with Gasteiger partial charge in [-0.2, -0.15) is 0 Å². The first-order valence-corrected chi connectivity index (χ1v) is 11.9. The van der Waals surface area contributed by atoms with Gasteiger partial charge < -0.3 is 29.3 Å². The molecule has 2 saturated heterocycles. The molecule has 3 heterocycles. The second-order valence-electron chi connectivity index (χ2n) is 9.33. The Morgan fingerprint density at radius 1 is 0.971 bits per heavy atom. The number of hydrogen-bond acceptors (Lipinski definition) is 6. The number of ether oxygens (including phenoxy) is 3. The second kappa shape index (κ2) is 9.58. The molecule has 9 nitrogen and oxygen atoms in total. The third kappa shape index (κ3) is 4.95. The average molecular weight is 480 g/mol. The van der Waals surface area contributed by atoms with Gasteiger partial charge in [-0.3, -0.25) is 14.4 Å². The van der Waals surface area contributed by atoms with E-state index in [0.717, 1.165) is 5.56 Å². The van der Waals surface area contributed by atoms with Gasteiger partial charge in [0, 0.05) is 49.9 Å². The van der Waals surface area contributed by atoms with Crippen LogP contribution in [0.5, 0.6) is 11.5 Å². The van der Waals surface area contributed by atoms with Crippen LogP contribution in [0.1, 0.15) is 36.2 Å². The van der Waals surface area contributed by atoms with Crippen molar-refractivity contribution in [1.29, 1.82) is 0 Å². The monoisotopic (exact) mass is 479 g/mol. The fourth-order valence-electron chi connectivity index (χ4n) is 4.81. The highest BCUT2D eigenvalue weighted by Gasteiger charge is 2.35. The summed E-state index contributed by atoms with van der Waals surface area (Å²) in [6, 6.07) is 12.6. The number of morpholine rings is 1. The predicted molar refractivity (Wildman–Crippen MR) is 127 cm³/mol. The Balaban J connectivity index is 1.15. The molecular formula is C26H29N3O6. The van der Waals surface area contributed by atoms with Gasteiger partial charge in [-0.15, -0.1) is 0 Å². The van der Waals surface area contributed by atoms with Crippen molar-refractivity contribution in [3.63, 3.8) is 0 Å². The maximum atomic E-state index is 12.8. The van der Waals surface area contributed by atoms with Gasteiger partial charge in [0.15, 0.2) is 11.5 Å². The highest BCUT2D eigenvalue weighted by molar-refractivity contribution is 6.00. The first-order valence-electron chi connectivity index (χ1n) is 11.9. The van der Waals surface area contributed by atoms with Crippen LogP contribution in [-0.4, -0.2) is 61.3 Å². The molecule has 3 aliphatic rings. The van der Waals surface area contributed by atoms with Crippen molar-refractivity contribution in [2.75, 3.05) is 31.3 Å². The Morgan fingerprint density at radius 2 is 1.69 bits per heavy atom. The summed E-state index contributed by atoms with van der Waals surface area (Å²) in [5.74, 6) is 0.533. The number of rotatable bonds is 5. The van der Waals surface area contributed by atoms with Crippen molar-refractivity contribution in [3.8, 4) is 11.5 Å². The lowest BCUT2D eigenvalue weighted by Crippen LogP contribution is -2.48. The molecule has 2 aromatic rings. The lowest BCUT2D eigenvalue weighted by atomic mass is 10.1. The standard InChI is InChI=1S/C26H29N3O6/c1-16-12-28(13-17(2)35-16)26(32)19-5-3-18(4-6-19)11-27-25(31)20-9-24(30)29(14-20)21-7-8-22-23(10-21)34-15-33-22/h3-8,10,16-17,20H,9,11-15H2,1-2H3,(H,27,31). The Morgan fingerprint density at radius 3 is 2.43 bits per heavy atom. The Labute approximate surface area is 203 Å². The third-order valence-corrected chi connectivity index (χ3v) is 6.54. The van der Waals surface area contributed by atoms with E-state index in [9.17, 15) is 14.4 Å². The maximum absolute atomic E-state index is 12.8. The summed E-state index contributed by atoms with van der Waals surface area (Å²) in [6.45, 7) is 5.89. The molecule has 35 heavy (non-hydrogen) atoms. The van der Waals surface area contributed by atoms with Crippen molar-refractivity contribution >= 4 is 23.4 Å². The molecule has 184 valence electrons. The number of carbonyl (C=O) groups is 3. The van der Waals surface area contributed by atoms with Crippen molar-refractivity contribution < 1.29 is 28.6 Å². The number of benzene rings is 2. The first kappa shape index (κ1) is 23.2. The molecule has 0 bridgehead atoms. The van der Waals surface area contributed by atoms with E-state index in [1.165, 1.54) is 0 Å². The molecule has 0 radical (unpaired) electrons. The number of anilines is 1. The highest BCUT2D eigenvalue weighted by Crippen LogP contribution is 2.37. The van der Waals surface area contributed by atoms with E-state index in [1.54, 1.807) is 35.2 Å². The van der Waals surface area contributed by atoms with Crippen LogP contribution >= 0.6 is 0 Å². The zero-order valence-corrected chi connectivity index (χ0v) is 19.9. The van der Waals surface area contributed by atoms with Gasteiger partial charge in [0.25, 0.3) is 5.91 Å². The summed E-state index contributed by atoms with van der Waals surface area (Å²) in [4.78, 5) is 41.6. The molecule has 2 aromatic carbocycles. The van der Waals surface area contributed by atoms with Gasteiger partial charge in [0.05, 0.1) is 18.1 Å². The van der Waals surface area contributed by atoms with Crippen LogP contribution in [0.25, 0.3) is 0 Å². The molecule has 3 unspecified atom stereocenters. The fourth-order valence-corrected chi connectivity index (χ4v) is 4.81. The second-order valence-corrected chi connectivity index (χ2v) is 9.33. The minimum Gasteiger partial charge on any atom is -0.454 e. The van der Waals surface area contributed by atoms with Crippen LogP contribution in [0.3, 0.4) is 0 Å². The van der Waals surface area contributed by atoms with E-state index < -0.39 is 5.92 Å². The largest absolute Gasteiger partial charge is 0.454 e. The molecule has 0 saturated carbocycles. The molecule has 0 aromatic heterocycles. The lowest BCUT2D eigenvalue weighted by Gasteiger charge is -2.35. The Kier molecular flexibility index (Phi) is 6.34. The average Bonchev–Trinajstić information content (AvgIpc) is 3.47. The number of nitrogens with zero attached hydrogens (tertiary/aromatic N) is 2. The summed E-state index contributed by atoms with van der Waals surface area (Å²) in [5.41, 5.74) is 2.19. The zero-order valence-electron chi connectivity index (χ0n) is 19.9. The molecule has 3 aliphatic heterocycles. The molecule has 5 rings (SSSR count). The zero-order chi connectivity index (χ0) is 24.5. The van der Waals surface area contributed by atoms with Gasteiger partial charge in [-0.05, 0) is 43.7 Å². The maximum Gasteiger partial charge on any atom is 0.254 e. The Bertz CT molecular complexity index is 1120. The van der Waals surface area contributed by atoms with E-state index in [-0.39, 0.29) is 43.1 Å². The number of fused-ring (bicyclic) bond motifs is 1. The van der Waals surface area contributed by atoms with E-state index in [4.69, 9.17) is 14.2 Å². The number of hydrogen-bond donors (Lipinski definition) is 1. The van der Waals surface area contributed by atoms with E-state index in [0.29, 0.717) is 48.9 Å². The molecule has 3 amide bonds. The Hall–Kier alpha value is -3.59. The fraction of sp³-hybridized carbons (Fsp3) is 0.423.